The lowest BCUT2D eigenvalue weighted by Crippen LogP contribution is -2.53. The summed E-state index contributed by atoms with van der Waals surface area (Å²) in [6, 6.07) is 16.1. The SMILES string of the molecule is CC[C@H](C)NC(=O)[C@H](CC)N(Cc1ccc(Cl)c(Cl)c1)C(=O)CN(c1ccc(OC)c(Cl)c1)S(=O)(=O)c1ccccc1. The summed E-state index contributed by atoms with van der Waals surface area (Å²) in [5.41, 5.74) is 0.780. The fraction of sp³-hybridized carbons (Fsp3) is 0.333. The second-order valence-electron chi connectivity index (χ2n) is 9.66. The minimum absolute atomic E-state index is 0.00918. The van der Waals surface area contributed by atoms with E-state index in [1.165, 1.54) is 42.3 Å². The molecule has 0 bridgehead atoms. The van der Waals surface area contributed by atoms with Gasteiger partial charge in [0.25, 0.3) is 10.0 Å². The van der Waals surface area contributed by atoms with Crippen molar-refractivity contribution in [3.05, 3.63) is 87.4 Å². The van der Waals surface area contributed by atoms with Crippen molar-refractivity contribution >= 4 is 62.3 Å². The van der Waals surface area contributed by atoms with Gasteiger partial charge in [-0.2, -0.15) is 0 Å². The number of carbonyl (C=O) groups is 2. The van der Waals surface area contributed by atoms with Crippen LogP contribution in [0.3, 0.4) is 0 Å². The number of hydrogen-bond donors (Lipinski definition) is 1. The molecule has 2 atom stereocenters. The highest BCUT2D eigenvalue weighted by atomic mass is 35.5. The fourth-order valence-electron chi connectivity index (χ4n) is 4.25. The lowest BCUT2D eigenvalue weighted by Gasteiger charge is -2.34. The molecule has 0 heterocycles. The number of amides is 2. The Morgan fingerprint density at radius 2 is 1.60 bits per heavy atom. The molecular formula is C30H34Cl3N3O5S. The third kappa shape index (κ3) is 8.10. The van der Waals surface area contributed by atoms with Crippen LogP contribution in [0.15, 0.2) is 71.6 Å². The average Bonchev–Trinajstić information content (AvgIpc) is 2.97. The van der Waals surface area contributed by atoms with E-state index in [2.05, 4.69) is 5.32 Å². The molecule has 42 heavy (non-hydrogen) atoms. The number of anilines is 1. The number of sulfonamides is 1. The van der Waals surface area contributed by atoms with Gasteiger partial charge in [0.05, 0.1) is 32.8 Å². The number of hydrogen-bond acceptors (Lipinski definition) is 5. The molecule has 0 saturated carbocycles. The highest BCUT2D eigenvalue weighted by Crippen LogP contribution is 2.32. The van der Waals surface area contributed by atoms with Crippen LogP contribution in [0.2, 0.25) is 15.1 Å². The van der Waals surface area contributed by atoms with Gasteiger partial charge in [0.1, 0.15) is 18.3 Å². The summed E-state index contributed by atoms with van der Waals surface area (Å²) >= 11 is 18.7. The number of benzene rings is 3. The number of halogens is 3. The summed E-state index contributed by atoms with van der Waals surface area (Å²) < 4.78 is 34.1. The molecule has 0 aliphatic carbocycles. The first-order chi connectivity index (χ1) is 19.9. The lowest BCUT2D eigenvalue weighted by molar-refractivity contribution is -0.140. The number of nitrogens with one attached hydrogen (secondary N) is 1. The molecule has 2 amide bonds. The first kappa shape index (κ1) is 33.5. The molecule has 0 spiro atoms. The molecule has 3 aromatic rings. The molecule has 0 unspecified atom stereocenters. The maximum absolute atomic E-state index is 14.2. The smallest absolute Gasteiger partial charge is 0.264 e. The van der Waals surface area contributed by atoms with Crippen molar-refractivity contribution in [2.24, 2.45) is 0 Å². The molecule has 0 radical (unpaired) electrons. The number of nitrogens with zero attached hydrogens (tertiary/aromatic N) is 2. The second-order valence-corrected chi connectivity index (χ2v) is 12.7. The van der Waals surface area contributed by atoms with Gasteiger partial charge in [-0.3, -0.25) is 13.9 Å². The second kappa shape index (κ2) is 15.0. The normalized spacial score (nSPS) is 12.7. The van der Waals surface area contributed by atoms with E-state index in [-0.39, 0.29) is 40.5 Å². The quantitative estimate of drug-likeness (QED) is 0.225. The molecule has 3 rings (SSSR count). The number of rotatable bonds is 13. The Morgan fingerprint density at radius 1 is 0.905 bits per heavy atom. The third-order valence-corrected chi connectivity index (χ3v) is 9.58. The molecular weight excluding hydrogens is 621 g/mol. The Bertz CT molecular complexity index is 1510. The topological polar surface area (TPSA) is 96.0 Å². The van der Waals surface area contributed by atoms with E-state index in [0.717, 1.165) is 4.31 Å². The van der Waals surface area contributed by atoms with Crippen molar-refractivity contribution in [1.82, 2.24) is 10.2 Å². The molecule has 0 aliphatic rings. The van der Waals surface area contributed by atoms with Gasteiger partial charge in [-0.05, 0) is 67.8 Å². The molecule has 226 valence electrons. The number of methoxy groups -OCH3 is 1. The molecule has 3 aromatic carbocycles. The Hall–Kier alpha value is -2.98. The summed E-state index contributed by atoms with van der Waals surface area (Å²) in [6.45, 7) is 4.99. The predicted molar refractivity (Wildman–Crippen MR) is 168 cm³/mol. The van der Waals surface area contributed by atoms with Crippen LogP contribution >= 0.6 is 34.8 Å². The Kier molecular flexibility index (Phi) is 11.9. The van der Waals surface area contributed by atoms with Gasteiger partial charge in [-0.1, -0.05) is 72.9 Å². The maximum Gasteiger partial charge on any atom is 0.264 e. The van der Waals surface area contributed by atoms with Gasteiger partial charge in [-0.15, -0.1) is 0 Å². The van der Waals surface area contributed by atoms with E-state index < -0.39 is 28.5 Å². The zero-order valence-corrected chi connectivity index (χ0v) is 26.9. The Balaban J connectivity index is 2.10. The van der Waals surface area contributed by atoms with Crippen LogP contribution in [-0.4, -0.2) is 50.9 Å². The van der Waals surface area contributed by atoms with Crippen LogP contribution in [0.1, 0.15) is 39.2 Å². The van der Waals surface area contributed by atoms with E-state index in [1.807, 2.05) is 13.8 Å². The molecule has 1 N–H and O–H groups in total. The first-order valence-electron chi connectivity index (χ1n) is 13.4. The molecule has 8 nitrogen and oxygen atoms in total. The van der Waals surface area contributed by atoms with Crippen molar-refractivity contribution in [2.45, 2.75) is 57.1 Å². The standard InChI is InChI=1S/C30H34Cl3N3O5S/c1-5-20(3)34-30(38)27(6-2)35(18-21-12-14-24(31)25(32)16-21)29(37)19-36(22-13-15-28(41-4)26(33)17-22)42(39,40)23-10-8-7-9-11-23/h7-17,20,27H,5-6,18-19H2,1-4H3,(H,34,38)/t20-,27-/m0/s1. The molecule has 12 heteroatoms. The largest absolute Gasteiger partial charge is 0.495 e. The predicted octanol–water partition coefficient (Wildman–Crippen LogP) is 6.57. The minimum Gasteiger partial charge on any atom is -0.495 e. The Morgan fingerprint density at radius 3 is 2.17 bits per heavy atom. The van der Waals surface area contributed by atoms with Crippen LogP contribution in [0.5, 0.6) is 5.75 Å². The highest BCUT2D eigenvalue weighted by molar-refractivity contribution is 7.92. The first-order valence-corrected chi connectivity index (χ1v) is 15.9. The average molecular weight is 655 g/mol. The summed E-state index contributed by atoms with van der Waals surface area (Å²) in [4.78, 5) is 28.9. The van der Waals surface area contributed by atoms with Gasteiger partial charge in [-0.25, -0.2) is 8.42 Å². The van der Waals surface area contributed by atoms with Crippen LogP contribution in [0, 0.1) is 0 Å². The van der Waals surface area contributed by atoms with Crippen LogP contribution in [0.4, 0.5) is 5.69 Å². The monoisotopic (exact) mass is 653 g/mol. The van der Waals surface area contributed by atoms with Crippen LogP contribution in [-0.2, 0) is 26.2 Å². The highest BCUT2D eigenvalue weighted by Gasteiger charge is 2.34. The summed E-state index contributed by atoms with van der Waals surface area (Å²) in [6.07, 6.45) is 0.985. The summed E-state index contributed by atoms with van der Waals surface area (Å²) in [5.74, 6) is -0.596. The van der Waals surface area contributed by atoms with Gasteiger partial charge in [0.2, 0.25) is 11.8 Å². The van der Waals surface area contributed by atoms with Crippen molar-refractivity contribution in [2.75, 3.05) is 18.0 Å². The van der Waals surface area contributed by atoms with Crippen LogP contribution in [0.25, 0.3) is 0 Å². The van der Waals surface area contributed by atoms with Crippen molar-refractivity contribution in [3.63, 3.8) is 0 Å². The van der Waals surface area contributed by atoms with Crippen molar-refractivity contribution in [3.8, 4) is 5.75 Å². The van der Waals surface area contributed by atoms with Crippen LogP contribution < -0.4 is 14.4 Å². The molecule has 0 aromatic heterocycles. The molecule has 0 aliphatic heterocycles. The van der Waals surface area contributed by atoms with Gasteiger partial charge < -0.3 is 15.0 Å². The van der Waals surface area contributed by atoms with Gasteiger partial charge >= 0.3 is 0 Å². The van der Waals surface area contributed by atoms with E-state index in [0.29, 0.717) is 27.8 Å². The van der Waals surface area contributed by atoms with Gasteiger partial charge in [0, 0.05) is 12.6 Å². The van der Waals surface area contributed by atoms with E-state index >= 15 is 0 Å². The summed E-state index contributed by atoms with van der Waals surface area (Å²) in [7, 11) is -2.79. The zero-order valence-electron chi connectivity index (χ0n) is 23.8. The maximum atomic E-state index is 14.2. The molecule has 0 fully saturated rings. The van der Waals surface area contributed by atoms with E-state index in [1.54, 1.807) is 43.3 Å². The third-order valence-electron chi connectivity index (χ3n) is 6.76. The zero-order chi connectivity index (χ0) is 31.0. The van der Waals surface area contributed by atoms with Gasteiger partial charge in [0.15, 0.2) is 0 Å². The number of carbonyl (C=O) groups excluding carboxylic acids is 2. The van der Waals surface area contributed by atoms with E-state index in [4.69, 9.17) is 39.5 Å². The molecule has 0 saturated heterocycles. The number of ether oxygens (including phenoxy) is 1. The summed E-state index contributed by atoms with van der Waals surface area (Å²) in [5, 5.41) is 3.74. The van der Waals surface area contributed by atoms with E-state index in [9.17, 15) is 18.0 Å². The fourth-order valence-corrected chi connectivity index (χ4v) is 6.25. The Labute approximate surface area is 262 Å². The van der Waals surface area contributed by atoms with Crippen molar-refractivity contribution < 1.29 is 22.7 Å². The minimum atomic E-state index is -4.23. The van der Waals surface area contributed by atoms with Crippen molar-refractivity contribution in [1.29, 1.82) is 0 Å². The lowest BCUT2D eigenvalue weighted by atomic mass is 10.1.